The number of benzene rings is 2. The van der Waals surface area contributed by atoms with Crippen LogP contribution in [0.4, 0.5) is 5.69 Å². The van der Waals surface area contributed by atoms with E-state index in [4.69, 9.17) is 4.74 Å². The molecule has 0 atom stereocenters. The highest BCUT2D eigenvalue weighted by molar-refractivity contribution is 5.98. The van der Waals surface area contributed by atoms with Gasteiger partial charge in [-0.15, -0.1) is 0 Å². The molecule has 5 nitrogen and oxygen atoms in total. The summed E-state index contributed by atoms with van der Waals surface area (Å²) >= 11 is 0. The minimum Gasteiger partial charge on any atom is -0.493 e. The number of hydrogen-bond acceptors (Lipinski definition) is 3. The van der Waals surface area contributed by atoms with Crippen LogP contribution in [-0.2, 0) is 16.0 Å². The van der Waals surface area contributed by atoms with Gasteiger partial charge in [0.05, 0.1) is 19.6 Å². The molecular formula is C19H20N2O3. The fourth-order valence-electron chi connectivity index (χ4n) is 2.73. The zero-order valence-electron chi connectivity index (χ0n) is 13.4. The summed E-state index contributed by atoms with van der Waals surface area (Å²) in [6.45, 7) is 0.972. The Labute approximate surface area is 141 Å². The number of ether oxygens (including phenoxy) is 1. The first-order valence-electron chi connectivity index (χ1n) is 8.07. The molecule has 24 heavy (non-hydrogen) atoms. The summed E-state index contributed by atoms with van der Waals surface area (Å²) < 4.78 is 5.47. The molecule has 2 aromatic rings. The molecule has 0 unspecified atom stereocenters. The predicted molar refractivity (Wildman–Crippen MR) is 92.1 cm³/mol. The molecule has 3 rings (SSSR count). The van der Waals surface area contributed by atoms with E-state index in [2.05, 4.69) is 5.32 Å². The van der Waals surface area contributed by atoms with E-state index in [1.807, 2.05) is 54.6 Å². The van der Waals surface area contributed by atoms with Crippen LogP contribution in [0, 0.1) is 0 Å². The Morgan fingerprint density at radius 3 is 2.62 bits per heavy atom. The highest BCUT2D eigenvalue weighted by Crippen LogP contribution is 2.27. The van der Waals surface area contributed by atoms with Gasteiger partial charge in [-0.1, -0.05) is 36.4 Å². The van der Waals surface area contributed by atoms with Gasteiger partial charge in [-0.2, -0.15) is 0 Å². The lowest BCUT2D eigenvalue weighted by molar-refractivity contribution is -0.125. The Balaban J connectivity index is 1.41. The van der Waals surface area contributed by atoms with Gasteiger partial charge in [0, 0.05) is 12.2 Å². The lowest BCUT2D eigenvalue weighted by Gasteiger charge is -2.17. The first-order chi connectivity index (χ1) is 11.7. The van der Waals surface area contributed by atoms with E-state index in [1.54, 1.807) is 4.90 Å². The molecule has 5 heteroatoms. The first-order valence-corrected chi connectivity index (χ1v) is 8.07. The maximum absolute atomic E-state index is 12.3. The molecule has 0 radical (unpaired) electrons. The summed E-state index contributed by atoms with van der Waals surface area (Å²) in [7, 11) is 0. The van der Waals surface area contributed by atoms with E-state index in [1.165, 1.54) is 5.56 Å². The van der Waals surface area contributed by atoms with Crippen LogP contribution in [0.1, 0.15) is 12.0 Å². The summed E-state index contributed by atoms with van der Waals surface area (Å²) in [6, 6.07) is 17.2. The van der Waals surface area contributed by atoms with Crippen LogP contribution in [0.2, 0.25) is 0 Å². The molecule has 0 aromatic heterocycles. The van der Waals surface area contributed by atoms with Gasteiger partial charge in [0.2, 0.25) is 11.8 Å². The van der Waals surface area contributed by atoms with Crippen LogP contribution < -0.4 is 15.0 Å². The van der Waals surface area contributed by atoms with Gasteiger partial charge in [0.25, 0.3) is 0 Å². The van der Waals surface area contributed by atoms with Crippen molar-refractivity contribution in [3.63, 3.8) is 0 Å². The number of para-hydroxylation sites is 2. The van der Waals surface area contributed by atoms with E-state index in [0.29, 0.717) is 6.54 Å². The van der Waals surface area contributed by atoms with Crippen molar-refractivity contribution in [3.05, 3.63) is 60.2 Å². The molecule has 0 aliphatic carbocycles. The SMILES string of the molecule is O=C(CCOc1ccccc1)NCC(=O)N1CCc2ccccc21. The molecule has 0 saturated carbocycles. The largest absolute Gasteiger partial charge is 0.493 e. The normalized spacial score (nSPS) is 12.6. The molecule has 0 spiro atoms. The van der Waals surface area contributed by atoms with Crippen molar-refractivity contribution >= 4 is 17.5 Å². The lowest BCUT2D eigenvalue weighted by Crippen LogP contribution is -2.39. The van der Waals surface area contributed by atoms with E-state index in [-0.39, 0.29) is 31.4 Å². The minimum absolute atomic E-state index is 0.0124. The Morgan fingerprint density at radius 1 is 1.04 bits per heavy atom. The van der Waals surface area contributed by atoms with Crippen LogP contribution in [0.15, 0.2) is 54.6 Å². The van der Waals surface area contributed by atoms with Crippen molar-refractivity contribution in [1.82, 2.24) is 5.32 Å². The zero-order valence-corrected chi connectivity index (χ0v) is 13.4. The standard InChI is InChI=1S/C19H20N2O3/c22-18(11-13-24-16-7-2-1-3-8-16)20-14-19(23)21-12-10-15-6-4-5-9-17(15)21/h1-9H,10-14H2,(H,20,22). The number of amides is 2. The molecule has 1 N–H and O–H groups in total. The third-order valence-electron chi connectivity index (χ3n) is 3.97. The summed E-state index contributed by atoms with van der Waals surface area (Å²) in [5.41, 5.74) is 2.12. The first kappa shape index (κ1) is 16.1. The maximum atomic E-state index is 12.3. The van der Waals surface area contributed by atoms with E-state index in [9.17, 15) is 9.59 Å². The summed E-state index contributed by atoms with van der Waals surface area (Å²) in [5, 5.41) is 2.67. The molecule has 1 heterocycles. The second kappa shape index (κ2) is 7.64. The van der Waals surface area contributed by atoms with Crippen molar-refractivity contribution in [3.8, 4) is 5.75 Å². The molecule has 0 saturated heterocycles. The molecule has 124 valence electrons. The minimum atomic E-state index is -0.188. The highest BCUT2D eigenvalue weighted by Gasteiger charge is 2.23. The fourth-order valence-corrected chi connectivity index (χ4v) is 2.73. The number of nitrogens with one attached hydrogen (secondary N) is 1. The number of hydrogen-bond donors (Lipinski definition) is 1. The van der Waals surface area contributed by atoms with Crippen LogP contribution in [0.3, 0.4) is 0 Å². The topological polar surface area (TPSA) is 58.6 Å². The Kier molecular flexibility index (Phi) is 5.11. The van der Waals surface area contributed by atoms with Crippen molar-refractivity contribution in [2.75, 3.05) is 24.6 Å². The quantitative estimate of drug-likeness (QED) is 0.886. The van der Waals surface area contributed by atoms with E-state index in [0.717, 1.165) is 17.9 Å². The second-order valence-electron chi connectivity index (χ2n) is 5.61. The van der Waals surface area contributed by atoms with Crippen molar-refractivity contribution < 1.29 is 14.3 Å². The molecular weight excluding hydrogens is 304 g/mol. The number of rotatable bonds is 6. The van der Waals surface area contributed by atoms with Gasteiger partial charge in [-0.05, 0) is 30.2 Å². The zero-order chi connectivity index (χ0) is 16.8. The van der Waals surface area contributed by atoms with Gasteiger partial charge in [-0.3, -0.25) is 9.59 Å². The fraction of sp³-hybridized carbons (Fsp3) is 0.263. The average molecular weight is 324 g/mol. The van der Waals surface area contributed by atoms with Gasteiger partial charge < -0.3 is 15.0 Å². The van der Waals surface area contributed by atoms with E-state index < -0.39 is 0 Å². The second-order valence-corrected chi connectivity index (χ2v) is 5.61. The van der Waals surface area contributed by atoms with Crippen LogP contribution in [0.25, 0.3) is 0 Å². The van der Waals surface area contributed by atoms with Crippen molar-refractivity contribution in [2.45, 2.75) is 12.8 Å². The Hall–Kier alpha value is -2.82. The number of carbonyl (C=O) groups is 2. The van der Waals surface area contributed by atoms with E-state index >= 15 is 0 Å². The van der Waals surface area contributed by atoms with Gasteiger partial charge >= 0.3 is 0 Å². The molecule has 2 aromatic carbocycles. The predicted octanol–water partition coefficient (Wildman–Crippen LogP) is 2.16. The molecule has 1 aliphatic heterocycles. The molecule has 1 aliphatic rings. The number of nitrogens with zero attached hydrogens (tertiary/aromatic N) is 1. The van der Waals surface area contributed by atoms with Gasteiger partial charge in [0.1, 0.15) is 5.75 Å². The number of fused-ring (bicyclic) bond motifs is 1. The smallest absolute Gasteiger partial charge is 0.246 e. The summed E-state index contributed by atoms with van der Waals surface area (Å²) in [4.78, 5) is 25.9. The van der Waals surface area contributed by atoms with Crippen molar-refractivity contribution in [1.29, 1.82) is 0 Å². The van der Waals surface area contributed by atoms with Gasteiger partial charge in [-0.25, -0.2) is 0 Å². The maximum Gasteiger partial charge on any atom is 0.246 e. The number of anilines is 1. The third-order valence-corrected chi connectivity index (χ3v) is 3.97. The molecule has 0 fully saturated rings. The molecule has 0 bridgehead atoms. The monoisotopic (exact) mass is 324 g/mol. The van der Waals surface area contributed by atoms with Crippen LogP contribution in [-0.4, -0.2) is 31.5 Å². The Morgan fingerprint density at radius 2 is 1.79 bits per heavy atom. The number of carbonyl (C=O) groups excluding carboxylic acids is 2. The summed E-state index contributed by atoms with van der Waals surface area (Å²) in [5.74, 6) is 0.457. The van der Waals surface area contributed by atoms with Gasteiger partial charge in [0.15, 0.2) is 0 Å². The molecule has 2 amide bonds. The van der Waals surface area contributed by atoms with Crippen LogP contribution in [0.5, 0.6) is 5.75 Å². The third kappa shape index (κ3) is 3.93. The Bertz CT molecular complexity index is 716. The highest BCUT2D eigenvalue weighted by atomic mass is 16.5. The van der Waals surface area contributed by atoms with Crippen LogP contribution >= 0.6 is 0 Å². The summed E-state index contributed by atoms with van der Waals surface area (Å²) in [6.07, 6.45) is 1.08. The van der Waals surface area contributed by atoms with Crippen molar-refractivity contribution in [2.24, 2.45) is 0 Å². The average Bonchev–Trinajstić information content (AvgIpc) is 3.05. The lowest BCUT2D eigenvalue weighted by atomic mass is 10.2.